The molecule has 3 heteroatoms. The van der Waals surface area contributed by atoms with Crippen LogP contribution in [0.25, 0.3) is 11.3 Å². The molecule has 1 aromatic heterocycles. The van der Waals surface area contributed by atoms with Crippen molar-refractivity contribution in [2.45, 2.75) is 32.6 Å². The van der Waals surface area contributed by atoms with E-state index in [9.17, 15) is 4.79 Å². The second-order valence-corrected chi connectivity index (χ2v) is 4.75. The first kappa shape index (κ1) is 14.4. The Labute approximate surface area is 119 Å². The first-order chi connectivity index (χ1) is 9.81. The van der Waals surface area contributed by atoms with Gasteiger partial charge in [0.1, 0.15) is 5.76 Å². The highest BCUT2D eigenvalue weighted by atomic mass is 16.5. The zero-order valence-electron chi connectivity index (χ0n) is 11.8. The number of carbonyl (C=O) groups is 1. The molecule has 0 amide bonds. The average Bonchev–Trinajstić information content (AvgIpc) is 3.01. The predicted octanol–water partition coefficient (Wildman–Crippen LogP) is 4.68. The molecular formula is C17H20O3. The van der Waals surface area contributed by atoms with Gasteiger partial charge in [-0.3, -0.25) is 0 Å². The Bertz CT molecular complexity index is 512. The first-order valence-corrected chi connectivity index (χ1v) is 7.12. The van der Waals surface area contributed by atoms with Crippen molar-refractivity contribution in [1.29, 1.82) is 0 Å². The molecule has 2 rings (SSSR count). The zero-order chi connectivity index (χ0) is 14.2. The van der Waals surface area contributed by atoms with E-state index in [4.69, 9.17) is 9.15 Å². The van der Waals surface area contributed by atoms with Gasteiger partial charge in [-0.05, 0) is 30.7 Å². The molecule has 0 aliphatic rings. The molecule has 0 saturated carbocycles. The van der Waals surface area contributed by atoms with Crippen LogP contribution >= 0.6 is 0 Å². The Morgan fingerprint density at radius 2 is 1.90 bits per heavy atom. The van der Waals surface area contributed by atoms with Crippen LogP contribution in [0, 0.1) is 0 Å². The summed E-state index contributed by atoms with van der Waals surface area (Å²) in [5.41, 5.74) is 1.53. The van der Waals surface area contributed by atoms with Gasteiger partial charge >= 0.3 is 5.97 Å². The molecule has 3 nitrogen and oxygen atoms in total. The maximum atomic E-state index is 11.8. The second kappa shape index (κ2) is 7.53. The number of esters is 1. The van der Waals surface area contributed by atoms with E-state index < -0.39 is 0 Å². The second-order valence-electron chi connectivity index (χ2n) is 4.75. The molecule has 0 fully saturated rings. The van der Waals surface area contributed by atoms with Gasteiger partial charge in [-0.25, -0.2) is 4.79 Å². The molecule has 106 valence electrons. The lowest BCUT2D eigenvalue weighted by Crippen LogP contribution is -2.06. The predicted molar refractivity (Wildman–Crippen MR) is 78.6 cm³/mol. The van der Waals surface area contributed by atoms with E-state index in [1.807, 2.05) is 24.3 Å². The summed E-state index contributed by atoms with van der Waals surface area (Å²) in [6, 6.07) is 11.0. The van der Waals surface area contributed by atoms with Crippen LogP contribution in [-0.4, -0.2) is 12.6 Å². The van der Waals surface area contributed by atoms with Gasteiger partial charge in [-0.1, -0.05) is 38.3 Å². The molecule has 0 radical (unpaired) electrons. The average molecular weight is 272 g/mol. The molecule has 0 aliphatic heterocycles. The first-order valence-electron chi connectivity index (χ1n) is 7.12. The number of hydrogen-bond acceptors (Lipinski definition) is 3. The molecule has 0 N–H and O–H groups in total. The van der Waals surface area contributed by atoms with E-state index in [1.54, 1.807) is 18.4 Å². The molecule has 0 spiro atoms. The minimum atomic E-state index is -0.257. The van der Waals surface area contributed by atoms with E-state index in [0.29, 0.717) is 12.2 Å². The Morgan fingerprint density at radius 3 is 2.55 bits per heavy atom. The summed E-state index contributed by atoms with van der Waals surface area (Å²) < 4.78 is 10.5. The van der Waals surface area contributed by atoms with Crippen molar-refractivity contribution in [3.63, 3.8) is 0 Å². The summed E-state index contributed by atoms with van der Waals surface area (Å²) in [4.78, 5) is 11.8. The van der Waals surface area contributed by atoms with E-state index in [-0.39, 0.29) is 5.97 Å². The van der Waals surface area contributed by atoms with Crippen LogP contribution in [0.5, 0.6) is 0 Å². The summed E-state index contributed by atoms with van der Waals surface area (Å²) in [7, 11) is 0. The van der Waals surface area contributed by atoms with E-state index in [2.05, 4.69) is 6.92 Å². The molecular weight excluding hydrogens is 252 g/mol. The van der Waals surface area contributed by atoms with Crippen molar-refractivity contribution >= 4 is 5.97 Å². The van der Waals surface area contributed by atoms with Gasteiger partial charge < -0.3 is 9.15 Å². The normalized spacial score (nSPS) is 10.4. The Balaban J connectivity index is 1.85. The highest BCUT2D eigenvalue weighted by Crippen LogP contribution is 2.20. The number of rotatable bonds is 7. The summed E-state index contributed by atoms with van der Waals surface area (Å²) >= 11 is 0. The monoisotopic (exact) mass is 272 g/mol. The van der Waals surface area contributed by atoms with Crippen LogP contribution in [0.2, 0.25) is 0 Å². The third-order valence-electron chi connectivity index (χ3n) is 3.16. The molecule has 0 bridgehead atoms. The standard InChI is InChI=1S/C17H20O3/c1-2-3-4-5-12-20-17(18)15-10-8-14(9-11-15)16-7-6-13-19-16/h6-11,13H,2-5,12H2,1H3. The number of carbonyl (C=O) groups excluding carboxylic acids is 1. The van der Waals surface area contributed by atoms with Crippen LogP contribution < -0.4 is 0 Å². The fourth-order valence-electron chi connectivity index (χ4n) is 1.99. The maximum absolute atomic E-state index is 11.8. The zero-order valence-corrected chi connectivity index (χ0v) is 11.8. The molecule has 20 heavy (non-hydrogen) atoms. The van der Waals surface area contributed by atoms with Crippen molar-refractivity contribution < 1.29 is 13.9 Å². The fraction of sp³-hybridized carbons (Fsp3) is 0.353. The van der Waals surface area contributed by atoms with E-state index >= 15 is 0 Å². The molecule has 2 aromatic rings. The Kier molecular flexibility index (Phi) is 5.42. The van der Waals surface area contributed by atoms with Crippen molar-refractivity contribution in [3.05, 3.63) is 48.2 Å². The van der Waals surface area contributed by atoms with Gasteiger partial charge in [-0.2, -0.15) is 0 Å². The molecule has 1 aromatic carbocycles. The third kappa shape index (κ3) is 3.98. The van der Waals surface area contributed by atoms with Gasteiger partial charge in [0, 0.05) is 5.56 Å². The lowest BCUT2D eigenvalue weighted by molar-refractivity contribution is 0.0498. The number of unbranched alkanes of at least 4 members (excludes halogenated alkanes) is 3. The van der Waals surface area contributed by atoms with Gasteiger partial charge in [0.2, 0.25) is 0 Å². The van der Waals surface area contributed by atoms with Crippen molar-refractivity contribution in [1.82, 2.24) is 0 Å². The van der Waals surface area contributed by atoms with Gasteiger partial charge in [0.25, 0.3) is 0 Å². The lowest BCUT2D eigenvalue weighted by atomic mass is 10.1. The highest BCUT2D eigenvalue weighted by Gasteiger charge is 2.07. The van der Waals surface area contributed by atoms with Crippen LogP contribution in [-0.2, 0) is 4.74 Å². The molecule has 0 saturated heterocycles. The van der Waals surface area contributed by atoms with Crippen LogP contribution in [0.3, 0.4) is 0 Å². The summed E-state index contributed by atoms with van der Waals surface area (Å²) in [5, 5.41) is 0. The number of ether oxygens (including phenoxy) is 1. The summed E-state index contributed by atoms with van der Waals surface area (Å²) in [6.07, 6.45) is 6.05. The van der Waals surface area contributed by atoms with Crippen molar-refractivity contribution in [2.24, 2.45) is 0 Å². The SMILES string of the molecule is CCCCCCOC(=O)c1ccc(-c2ccco2)cc1. The summed E-state index contributed by atoms with van der Waals surface area (Å²) in [6.45, 7) is 2.66. The largest absolute Gasteiger partial charge is 0.464 e. The topological polar surface area (TPSA) is 39.4 Å². The van der Waals surface area contributed by atoms with Crippen LogP contribution in [0.15, 0.2) is 47.1 Å². The number of furan rings is 1. The quantitative estimate of drug-likeness (QED) is 0.542. The number of benzene rings is 1. The fourth-order valence-corrected chi connectivity index (χ4v) is 1.99. The van der Waals surface area contributed by atoms with Crippen LogP contribution in [0.4, 0.5) is 0 Å². The van der Waals surface area contributed by atoms with Gasteiger partial charge in [0.05, 0.1) is 18.4 Å². The minimum absolute atomic E-state index is 0.257. The minimum Gasteiger partial charge on any atom is -0.464 e. The Hall–Kier alpha value is -2.03. The van der Waals surface area contributed by atoms with Gasteiger partial charge in [0.15, 0.2) is 0 Å². The van der Waals surface area contributed by atoms with E-state index in [1.165, 1.54) is 12.8 Å². The number of hydrogen-bond donors (Lipinski definition) is 0. The highest BCUT2D eigenvalue weighted by molar-refractivity contribution is 5.89. The van der Waals surface area contributed by atoms with Crippen molar-refractivity contribution in [2.75, 3.05) is 6.61 Å². The lowest BCUT2D eigenvalue weighted by Gasteiger charge is -2.05. The summed E-state index contributed by atoms with van der Waals surface area (Å²) in [5.74, 6) is 0.539. The molecule has 0 aliphatic carbocycles. The smallest absolute Gasteiger partial charge is 0.338 e. The third-order valence-corrected chi connectivity index (χ3v) is 3.16. The van der Waals surface area contributed by atoms with Crippen molar-refractivity contribution in [3.8, 4) is 11.3 Å². The van der Waals surface area contributed by atoms with Gasteiger partial charge in [-0.15, -0.1) is 0 Å². The Morgan fingerprint density at radius 1 is 1.10 bits per heavy atom. The van der Waals surface area contributed by atoms with E-state index in [0.717, 1.165) is 24.2 Å². The maximum Gasteiger partial charge on any atom is 0.338 e. The molecule has 0 atom stereocenters. The molecule has 0 unspecified atom stereocenters. The molecule has 1 heterocycles. The van der Waals surface area contributed by atoms with Crippen LogP contribution in [0.1, 0.15) is 43.0 Å².